The molecular formula is C15H27F3N2. The third kappa shape index (κ3) is 4.10. The summed E-state index contributed by atoms with van der Waals surface area (Å²) in [6.45, 7) is 3.63. The largest absolute Gasteiger partial charge is 0.401 e. The van der Waals surface area contributed by atoms with E-state index in [9.17, 15) is 13.2 Å². The van der Waals surface area contributed by atoms with Crippen LogP contribution in [0.1, 0.15) is 46.0 Å². The van der Waals surface area contributed by atoms with Crippen molar-refractivity contribution >= 4 is 0 Å². The normalized spacial score (nSPS) is 32.1. The fourth-order valence-corrected chi connectivity index (χ4v) is 3.62. The summed E-state index contributed by atoms with van der Waals surface area (Å²) in [5.41, 5.74) is 0. The van der Waals surface area contributed by atoms with Crippen molar-refractivity contribution in [3.05, 3.63) is 0 Å². The lowest BCUT2D eigenvalue weighted by Crippen LogP contribution is -2.55. The van der Waals surface area contributed by atoms with Crippen molar-refractivity contribution in [2.45, 2.75) is 70.3 Å². The smallest absolute Gasteiger partial charge is 0.315 e. The third-order valence-corrected chi connectivity index (χ3v) is 4.97. The Balaban J connectivity index is 2.10. The first-order valence-corrected chi connectivity index (χ1v) is 7.81. The average molecular weight is 292 g/mol. The molecule has 0 spiro atoms. The maximum Gasteiger partial charge on any atom is 0.401 e. The standard InChI is InChI=1S/C15H27F3N2/c1-10(2)11-4-7-13(19-3)14(8-11)20(12-5-6-12)9-15(16,17)18/h10-14,19H,4-9H2,1-3H3. The van der Waals surface area contributed by atoms with Crippen LogP contribution in [0.25, 0.3) is 0 Å². The van der Waals surface area contributed by atoms with Gasteiger partial charge in [-0.2, -0.15) is 13.2 Å². The molecule has 2 aliphatic carbocycles. The molecule has 0 bridgehead atoms. The molecule has 0 aromatic carbocycles. The van der Waals surface area contributed by atoms with E-state index < -0.39 is 12.7 Å². The molecule has 0 radical (unpaired) electrons. The van der Waals surface area contributed by atoms with Gasteiger partial charge in [0.1, 0.15) is 0 Å². The minimum absolute atomic E-state index is 0.0373. The average Bonchev–Trinajstić information content (AvgIpc) is 3.18. The van der Waals surface area contributed by atoms with Crippen molar-refractivity contribution in [1.82, 2.24) is 10.2 Å². The van der Waals surface area contributed by atoms with E-state index in [1.807, 2.05) is 7.05 Å². The zero-order valence-corrected chi connectivity index (χ0v) is 12.7. The van der Waals surface area contributed by atoms with Crippen LogP contribution >= 0.6 is 0 Å². The summed E-state index contributed by atoms with van der Waals surface area (Å²) >= 11 is 0. The summed E-state index contributed by atoms with van der Waals surface area (Å²) in [6.07, 6.45) is 0.779. The molecule has 2 rings (SSSR count). The number of halogens is 3. The van der Waals surface area contributed by atoms with Crippen LogP contribution in [-0.2, 0) is 0 Å². The topological polar surface area (TPSA) is 15.3 Å². The van der Waals surface area contributed by atoms with E-state index in [1.165, 1.54) is 0 Å². The van der Waals surface area contributed by atoms with E-state index >= 15 is 0 Å². The van der Waals surface area contributed by atoms with Crippen LogP contribution in [0.5, 0.6) is 0 Å². The molecule has 0 aromatic heterocycles. The second-order valence-electron chi connectivity index (χ2n) is 6.80. The Morgan fingerprint density at radius 2 is 1.80 bits per heavy atom. The highest BCUT2D eigenvalue weighted by molar-refractivity contribution is 4.97. The molecule has 2 fully saturated rings. The Labute approximate surface area is 120 Å². The molecule has 0 aliphatic heterocycles. The van der Waals surface area contributed by atoms with Gasteiger partial charge in [0.25, 0.3) is 0 Å². The fraction of sp³-hybridized carbons (Fsp3) is 1.00. The van der Waals surface area contributed by atoms with Gasteiger partial charge in [0.15, 0.2) is 0 Å². The minimum atomic E-state index is -4.09. The highest BCUT2D eigenvalue weighted by Gasteiger charge is 2.45. The first kappa shape index (κ1) is 16.1. The summed E-state index contributed by atoms with van der Waals surface area (Å²) < 4.78 is 38.6. The van der Waals surface area contributed by atoms with Crippen molar-refractivity contribution < 1.29 is 13.2 Å². The van der Waals surface area contributed by atoms with Crippen molar-refractivity contribution in [3.8, 4) is 0 Å². The zero-order valence-electron chi connectivity index (χ0n) is 12.7. The lowest BCUT2D eigenvalue weighted by Gasteiger charge is -2.44. The molecule has 0 saturated heterocycles. The molecule has 118 valence electrons. The van der Waals surface area contributed by atoms with Crippen LogP contribution in [0.3, 0.4) is 0 Å². The zero-order chi connectivity index (χ0) is 14.9. The van der Waals surface area contributed by atoms with Gasteiger partial charge < -0.3 is 5.32 Å². The van der Waals surface area contributed by atoms with Gasteiger partial charge in [0, 0.05) is 18.1 Å². The van der Waals surface area contributed by atoms with E-state index in [-0.39, 0.29) is 18.1 Å². The molecule has 0 aromatic rings. The lowest BCUT2D eigenvalue weighted by molar-refractivity contribution is -0.156. The van der Waals surface area contributed by atoms with Crippen LogP contribution in [0.4, 0.5) is 13.2 Å². The molecule has 2 nitrogen and oxygen atoms in total. The number of hydrogen-bond acceptors (Lipinski definition) is 2. The van der Waals surface area contributed by atoms with E-state index in [2.05, 4.69) is 19.2 Å². The number of alkyl halides is 3. The fourth-order valence-electron chi connectivity index (χ4n) is 3.62. The molecule has 2 aliphatic rings. The van der Waals surface area contributed by atoms with Crippen LogP contribution in [0.15, 0.2) is 0 Å². The van der Waals surface area contributed by atoms with Gasteiger partial charge in [0.05, 0.1) is 6.54 Å². The second-order valence-corrected chi connectivity index (χ2v) is 6.80. The number of hydrogen-bond donors (Lipinski definition) is 1. The van der Waals surface area contributed by atoms with E-state index in [4.69, 9.17) is 0 Å². The Bertz CT molecular complexity index is 313. The molecule has 3 atom stereocenters. The number of nitrogens with zero attached hydrogens (tertiary/aromatic N) is 1. The minimum Gasteiger partial charge on any atom is -0.315 e. The van der Waals surface area contributed by atoms with Crippen LogP contribution < -0.4 is 5.32 Å². The third-order valence-electron chi connectivity index (χ3n) is 4.97. The quantitative estimate of drug-likeness (QED) is 0.835. The van der Waals surface area contributed by atoms with Gasteiger partial charge in [-0.3, -0.25) is 4.90 Å². The monoisotopic (exact) mass is 292 g/mol. The van der Waals surface area contributed by atoms with E-state index in [1.54, 1.807) is 4.90 Å². The van der Waals surface area contributed by atoms with Gasteiger partial charge in [-0.15, -0.1) is 0 Å². The predicted octanol–water partition coefficient (Wildman–Crippen LogP) is 3.43. The number of nitrogens with one attached hydrogen (secondary N) is 1. The highest BCUT2D eigenvalue weighted by Crippen LogP contribution is 2.39. The number of likely N-dealkylation sites (N-methyl/N-ethyl adjacent to an activating group) is 1. The van der Waals surface area contributed by atoms with Crippen molar-refractivity contribution in [1.29, 1.82) is 0 Å². The van der Waals surface area contributed by atoms with Gasteiger partial charge >= 0.3 is 6.18 Å². The molecule has 2 saturated carbocycles. The Morgan fingerprint density at radius 3 is 2.25 bits per heavy atom. The van der Waals surface area contributed by atoms with Crippen LogP contribution in [0.2, 0.25) is 0 Å². The summed E-state index contributed by atoms with van der Waals surface area (Å²) in [5.74, 6) is 1.11. The summed E-state index contributed by atoms with van der Waals surface area (Å²) in [4.78, 5) is 1.75. The van der Waals surface area contributed by atoms with Crippen LogP contribution in [-0.4, -0.2) is 42.8 Å². The molecule has 1 N–H and O–H groups in total. The summed E-state index contributed by atoms with van der Waals surface area (Å²) in [7, 11) is 1.88. The maximum atomic E-state index is 12.9. The van der Waals surface area contributed by atoms with Crippen LogP contribution in [0, 0.1) is 11.8 Å². The summed E-state index contributed by atoms with van der Waals surface area (Å²) in [6, 6.07) is 0.395. The van der Waals surface area contributed by atoms with Gasteiger partial charge in [0.2, 0.25) is 0 Å². The molecule has 0 amide bonds. The molecule has 5 heteroatoms. The molecular weight excluding hydrogens is 265 g/mol. The molecule has 20 heavy (non-hydrogen) atoms. The Kier molecular flexibility index (Phi) is 5.00. The van der Waals surface area contributed by atoms with Crippen molar-refractivity contribution in [2.75, 3.05) is 13.6 Å². The lowest BCUT2D eigenvalue weighted by atomic mass is 9.76. The van der Waals surface area contributed by atoms with E-state index in [0.29, 0.717) is 11.8 Å². The van der Waals surface area contributed by atoms with Gasteiger partial charge in [-0.05, 0) is 51.0 Å². The molecule has 3 unspecified atom stereocenters. The highest BCUT2D eigenvalue weighted by atomic mass is 19.4. The predicted molar refractivity (Wildman–Crippen MR) is 74.6 cm³/mol. The Hall–Kier alpha value is -0.290. The van der Waals surface area contributed by atoms with E-state index in [0.717, 1.165) is 32.1 Å². The van der Waals surface area contributed by atoms with Crippen molar-refractivity contribution in [3.63, 3.8) is 0 Å². The van der Waals surface area contributed by atoms with Gasteiger partial charge in [-0.25, -0.2) is 0 Å². The Morgan fingerprint density at radius 1 is 1.15 bits per heavy atom. The molecule has 0 heterocycles. The first-order chi connectivity index (χ1) is 9.31. The first-order valence-electron chi connectivity index (χ1n) is 7.81. The second kappa shape index (κ2) is 6.22. The maximum absolute atomic E-state index is 12.9. The van der Waals surface area contributed by atoms with Gasteiger partial charge in [-0.1, -0.05) is 13.8 Å². The van der Waals surface area contributed by atoms with Crippen molar-refractivity contribution in [2.24, 2.45) is 11.8 Å². The number of rotatable bonds is 5. The summed E-state index contributed by atoms with van der Waals surface area (Å²) in [5, 5.41) is 3.25. The SMILES string of the molecule is CNC1CCC(C(C)C)CC1N(CC(F)(F)F)C1CC1.